The minimum atomic E-state index is -0.196. The molecule has 1 amide bonds. The molecule has 1 aliphatic heterocycles. The van der Waals surface area contributed by atoms with Crippen LogP contribution in [0.25, 0.3) is 0 Å². The second-order valence-electron chi connectivity index (χ2n) is 6.51. The highest BCUT2D eigenvalue weighted by Crippen LogP contribution is 2.22. The minimum Gasteiger partial charge on any atom is -0.366 e. The van der Waals surface area contributed by atoms with Crippen LogP contribution in [0.15, 0.2) is 53.9 Å². The summed E-state index contributed by atoms with van der Waals surface area (Å²) in [5, 5.41) is 13.1. The first-order valence-electron chi connectivity index (χ1n) is 9.09. The average molecular weight is 397 g/mol. The summed E-state index contributed by atoms with van der Waals surface area (Å²) in [4.78, 5) is 17.2. The van der Waals surface area contributed by atoms with Crippen LogP contribution >= 0.6 is 11.3 Å². The van der Waals surface area contributed by atoms with Gasteiger partial charge in [0.05, 0.1) is 12.1 Å². The summed E-state index contributed by atoms with van der Waals surface area (Å²) in [5.41, 5.74) is 0.636. The minimum absolute atomic E-state index is 0.108. The van der Waals surface area contributed by atoms with Crippen LogP contribution in [0.3, 0.4) is 0 Å². The van der Waals surface area contributed by atoms with Gasteiger partial charge in [-0.3, -0.25) is 4.79 Å². The summed E-state index contributed by atoms with van der Waals surface area (Å²) in [6.07, 6.45) is 0.332. The van der Waals surface area contributed by atoms with E-state index in [4.69, 9.17) is 0 Å². The molecule has 144 valence electrons. The first-order chi connectivity index (χ1) is 13.7. The highest BCUT2D eigenvalue weighted by molar-refractivity contribution is 7.10. The van der Waals surface area contributed by atoms with Gasteiger partial charge in [0, 0.05) is 31.1 Å². The van der Waals surface area contributed by atoms with Gasteiger partial charge in [-0.05, 0) is 35.7 Å². The summed E-state index contributed by atoms with van der Waals surface area (Å²) >= 11 is 1.55. The van der Waals surface area contributed by atoms with Crippen molar-refractivity contribution >= 4 is 34.6 Å². The van der Waals surface area contributed by atoms with E-state index in [9.17, 15) is 9.18 Å². The highest BCUT2D eigenvalue weighted by Gasteiger charge is 2.20. The molecular weight excluding hydrogens is 377 g/mol. The van der Waals surface area contributed by atoms with Crippen LogP contribution in [0, 0.1) is 5.82 Å². The molecule has 1 aromatic carbocycles. The number of rotatable bonds is 5. The first kappa shape index (κ1) is 18.4. The molecule has 0 unspecified atom stereocenters. The smallest absolute Gasteiger partial charge is 0.230 e. The van der Waals surface area contributed by atoms with E-state index < -0.39 is 0 Å². The SMILES string of the molecule is O=C(Cc1cccs1)Nc1ccc(N2CCN(c3ccccc3F)CC2)nn1. The molecule has 2 aromatic heterocycles. The van der Waals surface area contributed by atoms with Gasteiger partial charge in [0.1, 0.15) is 5.82 Å². The quantitative estimate of drug-likeness (QED) is 0.717. The summed E-state index contributed by atoms with van der Waals surface area (Å²) in [6.45, 7) is 2.88. The van der Waals surface area contributed by atoms with Gasteiger partial charge in [-0.25, -0.2) is 4.39 Å². The lowest BCUT2D eigenvalue weighted by molar-refractivity contribution is -0.115. The number of nitrogens with one attached hydrogen (secondary N) is 1. The number of piperazine rings is 1. The molecule has 3 heterocycles. The molecule has 4 rings (SSSR count). The fourth-order valence-electron chi connectivity index (χ4n) is 3.20. The van der Waals surface area contributed by atoms with Crippen LogP contribution in [0.4, 0.5) is 21.7 Å². The number of benzene rings is 1. The molecule has 1 N–H and O–H groups in total. The zero-order chi connectivity index (χ0) is 19.3. The van der Waals surface area contributed by atoms with Crippen molar-refractivity contribution in [2.75, 3.05) is 41.3 Å². The molecule has 0 saturated carbocycles. The molecule has 0 spiro atoms. The van der Waals surface area contributed by atoms with Gasteiger partial charge in [0.15, 0.2) is 11.6 Å². The maximum atomic E-state index is 14.0. The molecule has 1 saturated heterocycles. The zero-order valence-electron chi connectivity index (χ0n) is 15.2. The number of hydrogen-bond donors (Lipinski definition) is 1. The third-order valence-corrected chi connectivity index (χ3v) is 5.51. The van der Waals surface area contributed by atoms with Gasteiger partial charge in [0.2, 0.25) is 5.91 Å². The number of nitrogens with zero attached hydrogens (tertiary/aromatic N) is 4. The maximum absolute atomic E-state index is 14.0. The predicted molar refractivity (Wildman–Crippen MR) is 110 cm³/mol. The van der Waals surface area contributed by atoms with E-state index >= 15 is 0 Å². The van der Waals surface area contributed by atoms with Crippen molar-refractivity contribution in [3.05, 3.63) is 64.6 Å². The molecule has 0 aliphatic carbocycles. The Morgan fingerprint density at radius 3 is 2.46 bits per heavy atom. The molecule has 8 heteroatoms. The Hall–Kier alpha value is -3.00. The van der Waals surface area contributed by atoms with Crippen molar-refractivity contribution in [2.24, 2.45) is 0 Å². The van der Waals surface area contributed by atoms with Crippen molar-refractivity contribution in [3.63, 3.8) is 0 Å². The average Bonchev–Trinajstić information content (AvgIpc) is 3.22. The Morgan fingerprint density at radius 1 is 1.00 bits per heavy atom. The van der Waals surface area contributed by atoms with Gasteiger partial charge in [-0.1, -0.05) is 18.2 Å². The van der Waals surface area contributed by atoms with Crippen molar-refractivity contribution in [1.82, 2.24) is 10.2 Å². The molecule has 1 fully saturated rings. The fourth-order valence-corrected chi connectivity index (χ4v) is 3.91. The lowest BCUT2D eigenvalue weighted by Gasteiger charge is -2.36. The number of carbonyl (C=O) groups excluding carboxylic acids is 1. The molecule has 0 atom stereocenters. The Balaban J connectivity index is 1.32. The number of halogens is 1. The molecule has 0 radical (unpaired) electrons. The van der Waals surface area contributed by atoms with E-state index in [1.54, 1.807) is 29.5 Å². The van der Waals surface area contributed by atoms with Crippen molar-refractivity contribution in [1.29, 1.82) is 0 Å². The van der Waals surface area contributed by atoms with Crippen molar-refractivity contribution in [3.8, 4) is 0 Å². The standard InChI is InChI=1S/C20H20FN5OS/c21-16-5-1-2-6-17(16)25-9-11-26(12-10-25)19-8-7-18(23-24-19)22-20(27)14-15-4-3-13-28-15/h1-8,13H,9-12,14H2,(H,22,23,27). The number of aromatic nitrogens is 2. The third-order valence-electron chi connectivity index (χ3n) is 4.63. The predicted octanol–water partition coefficient (Wildman–Crippen LogP) is 3.19. The van der Waals surface area contributed by atoms with Crippen LogP contribution < -0.4 is 15.1 Å². The van der Waals surface area contributed by atoms with Gasteiger partial charge in [-0.2, -0.15) is 0 Å². The monoisotopic (exact) mass is 397 g/mol. The van der Waals surface area contributed by atoms with Crippen LogP contribution in [0.5, 0.6) is 0 Å². The highest BCUT2D eigenvalue weighted by atomic mass is 32.1. The number of carbonyl (C=O) groups is 1. The number of anilines is 3. The zero-order valence-corrected chi connectivity index (χ0v) is 16.0. The Kier molecular flexibility index (Phi) is 5.48. The van der Waals surface area contributed by atoms with E-state index in [2.05, 4.69) is 20.4 Å². The van der Waals surface area contributed by atoms with Gasteiger partial charge in [-0.15, -0.1) is 21.5 Å². The van der Waals surface area contributed by atoms with E-state index in [-0.39, 0.29) is 11.7 Å². The number of amides is 1. The first-order valence-corrected chi connectivity index (χ1v) is 9.97. The van der Waals surface area contributed by atoms with Gasteiger partial charge >= 0.3 is 0 Å². The Bertz CT molecular complexity index is 924. The molecule has 3 aromatic rings. The van der Waals surface area contributed by atoms with Crippen LogP contribution in [0.2, 0.25) is 0 Å². The number of para-hydroxylation sites is 1. The Morgan fingerprint density at radius 2 is 1.79 bits per heavy atom. The molecule has 1 aliphatic rings. The van der Waals surface area contributed by atoms with E-state index in [0.29, 0.717) is 31.0 Å². The van der Waals surface area contributed by atoms with E-state index in [0.717, 1.165) is 23.8 Å². The van der Waals surface area contributed by atoms with Crippen molar-refractivity contribution < 1.29 is 9.18 Å². The second-order valence-corrected chi connectivity index (χ2v) is 7.54. The third kappa shape index (κ3) is 4.28. The van der Waals surface area contributed by atoms with Crippen LogP contribution in [0.1, 0.15) is 4.88 Å². The Labute approximate surface area is 166 Å². The molecule has 6 nitrogen and oxygen atoms in total. The topological polar surface area (TPSA) is 61.4 Å². The normalized spacial score (nSPS) is 14.2. The molecular formula is C20H20FN5OS. The lowest BCUT2D eigenvalue weighted by Crippen LogP contribution is -2.47. The summed E-state index contributed by atoms with van der Waals surface area (Å²) in [5.74, 6) is 0.890. The summed E-state index contributed by atoms with van der Waals surface area (Å²) < 4.78 is 14.0. The molecule has 28 heavy (non-hydrogen) atoms. The number of thiophene rings is 1. The van der Waals surface area contributed by atoms with Gasteiger partial charge in [0.25, 0.3) is 0 Å². The molecule has 0 bridgehead atoms. The summed E-state index contributed by atoms with van der Waals surface area (Å²) in [7, 11) is 0. The second kappa shape index (κ2) is 8.35. The van der Waals surface area contributed by atoms with E-state index in [1.165, 1.54) is 6.07 Å². The van der Waals surface area contributed by atoms with Gasteiger partial charge < -0.3 is 15.1 Å². The maximum Gasteiger partial charge on any atom is 0.230 e. The van der Waals surface area contributed by atoms with E-state index in [1.807, 2.05) is 34.5 Å². The summed E-state index contributed by atoms with van der Waals surface area (Å²) in [6, 6.07) is 14.3. The van der Waals surface area contributed by atoms with Crippen molar-refractivity contribution in [2.45, 2.75) is 6.42 Å². The fraction of sp³-hybridized carbons (Fsp3) is 0.250. The van der Waals surface area contributed by atoms with Crippen LogP contribution in [-0.2, 0) is 11.2 Å². The largest absolute Gasteiger partial charge is 0.366 e. The van der Waals surface area contributed by atoms with Crippen LogP contribution in [-0.4, -0.2) is 42.3 Å². The lowest BCUT2D eigenvalue weighted by atomic mass is 10.2. The number of hydrogen-bond acceptors (Lipinski definition) is 6.